The molecule has 2 rings (SSSR count). The summed E-state index contributed by atoms with van der Waals surface area (Å²) in [5.74, 6) is 1.11. The van der Waals surface area contributed by atoms with Crippen LogP contribution in [0.2, 0.25) is 0 Å². The average molecular weight is 270 g/mol. The molecule has 4 nitrogen and oxygen atoms in total. The highest BCUT2D eigenvalue weighted by Gasteiger charge is 2.11. The summed E-state index contributed by atoms with van der Waals surface area (Å²) in [5.41, 5.74) is 8.05. The summed E-state index contributed by atoms with van der Waals surface area (Å²) in [6, 6.07) is 12.7. The van der Waals surface area contributed by atoms with Crippen LogP contribution in [0.4, 0.5) is 5.69 Å². The molecule has 0 saturated carbocycles. The minimum Gasteiger partial charge on any atom is -0.455 e. The highest BCUT2D eigenvalue weighted by molar-refractivity contribution is 5.94. The van der Waals surface area contributed by atoms with Crippen LogP contribution in [0.1, 0.15) is 15.9 Å². The maximum atomic E-state index is 11.9. The Bertz CT molecular complexity index is 636. The highest BCUT2D eigenvalue weighted by atomic mass is 16.5. The van der Waals surface area contributed by atoms with Gasteiger partial charge in [0.2, 0.25) is 0 Å². The van der Waals surface area contributed by atoms with E-state index in [2.05, 4.69) is 0 Å². The Labute approximate surface area is 118 Å². The van der Waals surface area contributed by atoms with E-state index in [1.54, 1.807) is 32.3 Å². The van der Waals surface area contributed by atoms with E-state index >= 15 is 0 Å². The molecule has 0 saturated heterocycles. The van der Waals surface area contributed by atoms with Gasteiger partial charge >= 0.3 is 0 Å². The van der Waals surface area contributed by atoms with Crippen LogP contribution in [0.25, 0.3) is 0 Å². The largest absolute Gasteiger partial charge is 0.455 e. The van der Waals surface area contributed by atoms with Crippen LogP contribution in [0.3, 0.4) is 0 Å². The molecule has 0 bridgehead atoms. The third-order valence-corrected chi connectivity index (χ3v) is 2.88. The second-order valence-electron chi connectivity index (χ2n) is 4.87. The van der Waals surface area contributed by atoms with Crippen molar-refractivity contribution < 1.29 is 9.53 Å². The molecule has 20 heavy (non-hydrogen) atoms. The molecule has 0 aliphatic heterocycles. The maximum absolute atomic E-state index is 11.9. The van der Waals surface area contributed by atoms with Crippen molar-refractivity contribution in [3.8, 4) is 11.5 Å². The van der Waals surface area contributed by atoms with E-state index in [-0.39, 0.29) is 5.91 Å². The molecule has 0 aliphatic carbocycles. The van der Waals surface area contributed by atoms with Crippen LogP contribution < -0.4 is 10.5 Å². The molecule has 0 aliphatic rings. The minimum absolute atomic E-state index is 0.0842. The number of amides is 1. The monoisotopic (exact) mass is 270 g/mol. The Morgan fingerprint density at radius 2 is 1.90 bits per heavy atom. The standard InChI is InChI=1S/C16H18N2O2/c1-11-5-4-6-13(9-11)20-15-10-12(7-8-14(15)17)16(19)18(2)3/h4-10H,17H2,1-3H3. The first kappa shape index (κ1) is 13.9. The smallest absolute Gasteiger partial charge is 0.253 e. The summed E-state index contributed by atoms with van der Waals surface area (Å²) in [7, 11) is 3.42. The van der Waals surface area contributed by atoms with Gasteiger partial charge in [-0.2, -0.15) is 0 Å². The Morgan fingerprint density at radius 3 is 2.55 bits per heavy atom. The lowest BCUT2D eigenvalue weighted by Gasteiger charge is -2.13. The maximum Gasteiger partial charge on any atom is 0.253 e. The second kappa shape index (κ2) is 5.65. The second-order valence-corrected chi connectivity index (χ2v) is 4.87. The van der Waals surface area contributed by atoms with Gasteiger partial charge in [-0.3, -0.25) is 4.79 Å². The van der Waals surface area contributed by atoms with Gasteiger partial charge in [-0.15, -0.1) is 0 Å². The van der Waals surface area contributed by atoms with Crippen molar-refractivity contribution in [2.45, 2.75) is 6.92 Å². The van der Waals surface area contributed by atoms with E-state index in [0.717, 1.165) is 5.56 Å². The number of anilines is 1. The molecule has 0 atom stereocenters. The van der Waals surface area contributed by atoms with Gasteiger partial charge in [0.25, 0.3) is 5.91 Å². The molecule has 0 aromatic heterocycles. The SMILES string of the molecule is Cc1cccc(Oc2cc(C(=O)N(C)C)ccc2N)c1. The molecule has 0 fully saturated rings. The van der Waals surface area contributed by atoms with Crippen LogP contribution in [0.5, 0.6) is 11.5 Å². The molecule has 1 amide bonds. The molecule has 0 heterocycles. The number of nitrogens with zero attached hydrogens (tertiary/aromatic N) is 1. The molecule has 4 heteroatoms. The van der Waals surface area contributed by atoms with Crippen LogP contribution in [0.15, 0.2) is 42.5 Å². The topological polar surface area (TPSA) is 55.6 Å². The molecule has 104 valence electrons. The fraction of sp³-hybridized carbons (Fsp3) is 0.188. The van der Waals surface area contributed by atoms with Crippen molar-refractivity contribution in [2.24, 2.45) is 0 Å². The average Bonchev–Trinajstić information content (AvgIpc) is 2.40. The molecule has 0 unspecified atom stereocenters. The van der Waals surface area contributed by atoms with E-state index < -0.39 is 0 Å². The third kappa shape index (κ3) is 3.09. The zero-order valence-corrected chi connectivity index (χ0v) is 11.9. The predicted molar refractivity (Wildman–Crippen MR) is 80.1 cm³/mol. The number of rotatable bonds is 3. The van der Waals surface area contributed by atoms with Gasteiger partial charge in [0.1, 0.15) is 5.75 Å². The van der Waals surface area contributed by atoms with E-state index in [1.807, 2.05) is 31.2 Å². The minimum atomic E-state index is -0.0842. The number of hydrogen-bond donors (Lipinski definition) is 1. The van der Waals surface area contributed by atoms with Crippen LogP contribution in [-0.4, -0.2) is 24.9 Å². The fourth-order valence-corrected chi connectivity index (χ4v) is 1.82. The summed E-state index contributed by atoms with van der Waals surface area (Å²) in [5, 5.41) is 0. The summed E-state index contributed by atoms with van der Waals surface area (Å²) in [4.78, 5) is 13.5. The summed E-state index contributed by atoms with van der Waals surface area (Å²) in [6.45, 7) is 1.99. The Hall–Kier alpha value is -2.49. The van der Waals surface area contributed by atoms with Crippen molar-refractivity contribution in [3.05, 3.63) is 53.6 Å². The lowest BCUT2D eigenvalue weighted by molar-refractivity contribution is 0.0827. The van der Waals surface area contributed by atoms with Gasteiger partial charge in [0.05, 0.1) is 5.69 Å². The summed E-state index contributed by atoms with van der Waals surface area (Å²) >= 11 is 0. The number of carbonyl (C=O) groups is 1. The number of aryl methyl sites for hydroxylation is 1. The van der Waals surface area contributed by atoms with Crippen LogP contribution >= 0.6 is 0 Å². The van der Waals surface area contributed by atoms with Gasteiger partial charge < -0.3 is 15.4 Å². The number of ether oxygens (including phenoxy) is 1. The molecular formula is C16H18N2O2. The predicted octanol–water partition coefficient (Wildman–Crippen LogP) is 3.07. The van der Waals surface area contributed by atoms with Crippen molar-refractivity contribution in [1.82, 2.24) is 4.90 Å². The first-order valence-corrected chi connectivity index (χ1v) is 6.33. The van der Waals surface area contributed by atoms with E-state index in [1.165, 1.54) is 4.90 Å². The van der Waals surface area contributed by atoms with Crippen molar-refractivity contribution in [1.29, 1.82) is 0 Å². The lowest BCUT2D eigenvalue weighted by Crippen LogP contribution is -2.21. The zero-order chi connectivity index (χ0) is 14.7. The molecule has 2 aromatic carbocycles. The number of benzene rings is 2. The highest BCUT2D eigenvalue weighted by Crippen LogP contribution is 2.29. The normalized spacial score (nSPS) is 10.2. The van der Waals surface area contributed by atoms with Crippen molar-refractivity contribution >= 4 is 11.6 Å². The van der Waals surface area contributed by atoms with E-state index in [0.29, 0.717) is 22.7 Å². The zero-order valence-electron chi connectivity index (χ0n) is 11.9. The van der Waals surface area contributed by atoms with Gasteiger partial charge in [0, 0.05) is 19.7 Å². The molecular weight excluding hydrogens is 252 g/mol. The van der Waals surface area contributed by atoms with Gasteiger partial charge in [-0.25, -0.2) is 0 Å². The van der Waals surface area contributed by atoms with Crippen molar-refractivity contribution in [3.63, 3.8) is 0 Å². The number of hydrogen-bond acceptors (Lipinski definition) is 3. The fourth-order valence-electron chi connectivity index (χ4n) is 1.82. The van der Waals surface area contributed by atoms with Gasteiger partial charge in [-0.1, -0.05) is 12.1 Å². The van der Waals surface area contributed by atoms with Crippen molar-refractivity contribution in [2.75, 3.05) is 19.8 Å². The van der Waals surface area contributed by atoms with E-state index in [9.17, 15) is 4.79 Å². The van der Waals surface area contributed by atoms with Gasteiger partial charge in [0.15, 0.2) is 5.75 Å². The molecule has 2 N–H and O–H groups in total. The number of carbonyl (C=O) groups excluding carboxylic acids is 1. The first-order valence-electron chi connectivity index (χ1n) is 6.33. The molecule has 2 aromatic rings. The Kier molecular flexibility index (Phi) is 3.94. The molecule has 0 spiro atoms. The summed E-state index contributed by atoms with van der Waals surface area (Å²) in [6.07, 6.45) is 0. The Balaban J connectivity index is 2.32. The quantitative estimate of drug-likeness (QED) is 0.872. The van der Waals surface area contributed by atoms with E-state index in [4.69, 9.17) is 10.5 Å². The van der Waals surface area contributed by atoms with Gasteiger partial charge in [-0.05, 0) is 42.8 Å². The Morgan fingerprint density at radius 1 is 1.15 bits per heavy atom. The summed E-state index contributed by atoms with van der Waals surface area (Å²) < 4.78 is 5.76. The van der Waals surface area contributed by atoms with Crippen LogP contribution in [0, 0.1) is 6.92 Å². The van der Waals surface area contributed by atoms with Crippen LogP contribution in [-0.2, 0) is 0 Å². The number of nitrogens with two attached hydrogens (primary N) is 1. The number of nitrogen functional groups attached to an aromatic ring is 1. The third-order valence-electron chi connectivity index (χ3n) is 2.88. The molecule has 0 radical (unpaired) electrons. The first-order chi connectivity index (χ1) is 9.47. The lowest BCUT2D eigenvalue weighted by atomic mass is 10.1.